The molecule has 4 rings (SSSR count). The third-order valence-corrected chi connectivity index (χ3v) is 5.20. The molecule has 140 valence electrons. The van der Waals surface area contributed by atoms with E-state index in [1.807, 2.05) is 55.1 Å². The molecular weight excluding hydrogens is 364 g/mol. The molecule has 0 unspecified atom stereocenters. The maximum atomic E-state index is 12.7. The molecule has 9 heteroatoms. The molecule has 0 spiro atoms. The van der Waals surface area contributed by atoms with E-state index in [2.05, 4.69) is 20.5 Å². The van der Waals surface area contributed by atoms with Crippen LogP contribution in [0.25, 0.3) is 10.8 Å². The zero-order chi connectivity index (χ0) is 18.8. The molecule has 2 atom stereocenters. The molecule has 2 aromatic heterocycles. The lowest BCUT2D eigenvalue weighted by atomic mass is 10.1. The van der Waals surface area contributed by atoms with Gasteiger partial charge in [-0.05, 0) is 12.5 Å². The van der Waals surface area contributed by atoms with E-state index in [0.717, 1.165) is 11.4 Å². The average molecular weight is 384 g/mol. The zero-order valence-corrected chi connectivity index (χ0v) is 15.9. The smallest absolute Gasteiger partial charge is 0.323 e. The molecule has 3 heterocycles. The summed E-state index contributed by atoms with van der Waals surface area (Å²) in [5.74, 6) is 0.720. The molecule has 1 aliphatic heterocycles. The van der Waals surface area contributed by atoms with E-state index in [9.17, 15) is 4.79 Å². The van der Waals surface area contributed by atoms with Gasteiger partial charge in [-0.15, -0.1) is 10.2 Å². The Bertz CT molecular complexity index is 925. The zero-order valence-electron chi connectivity index (χ0n) is 15.1. The second kappa shape index (κ2) is 7.45. The van der Waals surface area contributed by atoms with Crippen LogP contribution in [0.4, 0.5) is 9.93 Å². The highest BCUT2D eigenvalue weighted by Crippen LogP contribution is 2.27. The number of anilines is 1. The summed E-state index contributed by atoms with van der Waals surface area (Å²) in [6.07, 6.45) is 3.35. The summed E-state index contributed by atoms with van der Waals surface area (Å²) in [6, 6.07) is 9.75. The number of carbonyl (C=O) groups is 1. The Kier molecular flexibility index (Phi) is 4.87. The molecule has 1 aliphatic rings. The maximum Gasteiger partial charge on any atom is 0.323 e. The number of rotatable bonds is 3. The van der Waals surface area contributed by atoms with Gasteiger partial charge in [0.05, 0.1) is 12.6 Å². The summed E-state index contributed by atoms with van der Waals surface area (Å²) in [7, 11) is 1.89. The second-order valence-corrected chi connectivity index (χ2v) is 7.43. The van der Waals surface area contributed by atoms with Crippen molar-refractivity contribution in [2.24, 2.45) is 7.05 Å². The summed E-state index contributed by atoms with van der Waals surface area (Å²) in [4.78, 5) is 18.7. The molecule has 0 bridgehead atoms. The molecule has 1 aromatic carbocycles. The number of ether oxygens (including phenoxy) is 1. The Labute approximate surface area is 160 Å². The highest BCUT2D eigenvalue weighted by Gasteiger charge is 2.29. The number of carbonyl (C=O) groups excluding carboxylic acids is 1. The van der Waals surface area contributed by atoms with Crippen LogP contribution in [-0.4, -0.2) is 49.9 Å². The van der Waals surface area contributed by atoms with Gasteiger partial charge in [-0.1, -0.05) is 41.7 Å². The van der Waals surface area contributed by atoms with Crippen molar-refractivity contribution in [1.82, 2.24) is 24.6 Å². The van der Waals surface area contributed by atoms with Crippen LogP contribution in [0.5, 0.6) is 0 Å². The lowest BCUT2D eigenvalue weighted by Crippen LogP contribution is -2.47. The number of nitrogens with zero attached hydrogens (tertiary/aromatic N) is 5. The van der Waals surface area contributed by atoms with Gasteiger partial charge in [-0.2, -0.15) is 0 Å². The van der Waals surface area contributed by atoms with E-state index in [4.69, 9.17) is 4.74 Å². The second-order valence-electron chi connectivity index (χ2n) is 6.46. The van der Waals surface area contributed by atoms with Crippen molar-refractivity contribution in [2.75, 3.05) is 18.4 Å². The largest absolute Gasteiger partial charge is 0.367 e. The summed E-state index contributed by atoms with van der Waals surface area (Å²) in [5, 5.41) is 12.2. The number of aromatic nitrogens is 4. The van der Waals surface area contributed by atoms with E-state index in [0.29, 0.717) is 23.2 Å². The number of imidazole rings is 1. The monoisotopic (exact) mass is 384 g/mol. The Balaban J connectivity index is 1.45. The topological polar surface area (TPSA) is 85.2 Å². The molecular formula is C18H20N6O2S. The van der Waals surface area contributed by atoms with Crippen molar-refractivity contribution < 1.29 is 9.53 Å². The summed E-state index contributed by atoms with van der Waals surface area (Å²) in [5.41, 5.74) is 1.06. The molecule has 1 N–H and O–H groups in total. The minimum Gasteiger partial charge on any atom is -0.367 e. The van der Waals surface area contributed by atoms with Crippen molar-refractivity contribution >= 4 is 22.5 Å². The standard InChI is InChI=1S/C18H20N6O2S/c1-12-10-24(11-14(26-12)13-6-4-3-5-7-13)18(25)20-17-22-21-16(27-17)15-19-8-9-23(15)2/h3-9,12,14H,10-11H2,1-2H3,(H,20,22,25)/t12-,14-/m0/s1. The van der Waals surface area contributed by atoms with Crippen molar-refractivity contribution in [3.05, 3.63) is 48.3 Å². The SMILES string of the molecule is C[C@H]1CN(C(=O)Nc2nnc(-c3nccn3C)s2)C[C@@H](c2ccccc2)O1. The number of morpholine rings is 1. The van der Waals surface area contributed by atoms with Crippen molar-refractivity contribution in [1.29, 1.82) is 0 Å². The van der Waals surface area contributed by atoms with Crippen LogP contribution >= 0.6 is 11.3 Å². The van der Waals surface area contributed by atoms with Gasteiger partial charge in [0.25, 0.3) is 0 Å². The number of hydrogen-bond donors (Lipinski definition) is 1. The summed E-state index contributed by atoms with van der Waals surface area (Å²) >= 11 is 1.30. The van der Waals surface area contributed by atoms with Gasteiger partial charge in [0, 0.05) is 26.0 Å². The number of hydrogen-bond acceptors (Lipinski definition) is 6. The minimum absolute atomic E-state index is 0.0488. The highest BCUT2D eigenvalue weighted by molar-refractivity contribution is 7.18. The van der Waals surface area contributed by atoms with Crippen molar-refractivity contribution in [2.45, 2.75) is 19.1 Å². The van der Waals surface area contributed by atoms with Crippen LogP contribution in [-0.2, 0) is 11.8 Å². The van der Waals surface area contributed by atoms with Gasteiger partial charge >= 0.3 is 6.03 Å². The fraction of sp³-hybridized carbons (Fsp3) is 0.333. The van der Waals surface area contributed by atoms with E-state index in [1.54, 1.807) is 11.1 Å². The molecule has 0 aliphatic carbocycles. The quantitative estimate of drug-likeness (QED) is 0.750. The van der Waals surface area contributed by atoms with Crippen molar-refractivity contribution in [3.63, 3.8) is 0 Å². The first-order chi connectivity index (χ1) is 13.1. The Morgan fingerprint density at radius 2 is 2.07 bits per heavy atom. The lowest BCUT2D eigenvalue weighted by molar-refractivity contribution is -0.0642. The third-order valence-electron chi connectivity index (χ3n) is 4.37. The van der Waals surface area contributed by atoms with Gasteiger partial charge in [0.2, 0.25) is 5.13 Å². The average Bonchev–Trinajstić information content (AvgIpc) is 3.30. The van der Waals surface area contributed by atoms with Crippen LogP contribution in [0.3, 0.4) is 0 Å². The third kappa shape index (κ3) is 3.83. The number of nitrogens with one attached hydrogen (secondary N) is 1. The van der Waals surface area contributed by atoms with Gasteiger partial charge in [0.15, 0.2) is 10.8 Å². The lowest BCUT2D eigenvalue weighted by Gasteiger charge is -2.36. The highest BCUT2D eigenvalue weighted by atomic mass is 32.1. The normalized spacial score (nSPS) is 19.9. The molecule has 1 fully saturated rings. The predicted octanol–water partition coefficient (Wildman–Crippen LogP) is 2.93. The first kappa shape index (κ1) is 17.6. The molecule has 27 heavy (non-hydrogen) atoms. The molecule has 1 saturated heterocycles. The molecule has 3 aromatic rings. The first-order valence-electron chi connectivity index (χ1n) is 8.67. The fourth-order valence-corrected chi connectivity index (χ4v) is 3.85. The minimum atomic E-state index is -0.200. The molecule has 0 radical (unpaired) electrons. The molecule has 8 nitrogen and oxygen atoms in total. The number of urea groups is 1. The van der Waals surface area contributed by atoms with Crippen LogP contribution in [0.1, 0.15) is 18.6 Å². The van der Waals surface area contributed by atoms with Gasteiger partial charge < -0.3 is 14.2 Å². The molecule has 2 amide bonds. The Morgan fingerprint density at radius 3 is 2.81 bits per heavy atom. The maximum absolute atomic E-state index is 12.7. The van der Waals surface area contributed by atoms with Crippen LogP contribution < -0.4 is 5.32 Å². The van der Waals surface area contributed by atoms with Gasteiger partial charge in [0.1, 0.15) is 6.10 Å². The van der Waals surface area contributed by atoms with E-state index >= 15 is 0 Å². The predicted molar refractivity (Wildman–Crippen MR) is 102 cm³/mol. The first-order valence-corrected chi connectivity index (χ1v) is 9.49. The van der Waals surface area contributed by atoms with Crippen LogP contribution in [0.15, 0.2) is 42.7 Å². The Hall–Kier alpha value is -2.78. The number of amides is 2. The summed E-state index contributed by atoms with van der Waals surface area (Å²) < 4.78 is 7.87. The number of benzene rings is 1. The van der Waals surface area contributed by atoms with Gasteiger partial charge in [-0.3, -0.25) is 5.32 Å². The van der Waals surface area contributed by atoms with E-state index < -0.39 is 0 Å². The van der Waals surface area contributed by atoms with Crippen LogP contribution in [0, 0.1) is 0 Å². The van der Waals surface area contributed by atoms with Crippen LogP contribution in [0.2, 0.25) is 0 Å². The summed E-state index contributed by atoms with van der Waals surface area (Å²) in [6.45, 7) is 2.99. The van der Waals surface area contributed by atoms with E-state index in [1.165, 1.54) is 11.3 Å². The molecule has 0 saturated carbocycles. The fourth-order valence-electron chi connectivity index (χ4n) is 3.08. The van der Waals surface area contributed by atoms with Gasteiger partial charge in [-0.25, -0.2) is 9.78 Å². The number of aryl methyl sites for hydroxylation is 1. The Morgan fingerprint density at radius 1 is 1.26 bits per heavy atom. The van der Waals surface area contributed by atoms with Crippen molar-refractivity contribution in [3.8, 4) is 10.8 Å². The van der Waals surface area contributed by atoms with E-state index in [-0.39, 0.29) is 18.2 Å².